The topological polar surface area (TPSA) is 158 Å². The van der Waals surface area contributed by atoms with Gasteiger partial charge in [-0.1, -0.05) is 23.2 Å². The molecule has 6 atom stereocenters. The summed E-state index contributed by atoms with van der Waals surface area (Å²) in [5.74, 6) is -1.65. The van der Waals surface area contributed by atoms with Crippen LogP contribution < -0.4 is 20.9 Å². The van der Waals surface area contributed by atoms with Crippen LogP contribution in [0.5, 0.6) is 0 Å². The molecule has 348 valence electrons. The van der Waals surface area contributed by atoms with Crippen molar-refractivity contribution < 1.29 is 37.4 Å². The number of carbonyl (C=O) groups is 4. The molecule has 0 radical (unpaired) electrons. The standard InChI is InChI=1S/C21H21BrCl2FIN4O3.C21H20BrClFIN4O3/c1-21(2,3)33-20(32)30-7-8-4-11(30)15(8)28-17-9-5-10(26)13(22)14(25)16(9)29-19(24)18(17)27-12(31)6-23;1-21(2,3)32-20(31)28-6-8-4-11(28)17(8)29-7-12(30)26-16-18(29)9-5-10(25)13(22)14(24)15(9)27-19(16)23/h5,8,11,15H,4,6-7H2,1-3H3,(H,27,31)(H,28,29);5,8,11,17H,4,6-7H2,1-3H3,(H,26,30). The number of nitrogens with one attached hydrogen (secondary N) is 3. The highest BCUT2D eigenvalue weighted by molar-refractivity contribution is 14.1. The number of hydrogen-bond acceptors (Lipinski definition) is 10. The molecular formula is C42H41Br2Cl3F2I2N8O6. The molecule has 14 nitrogen and oxygen atoms in total. The summed E-state index contributed by atoms with van der Waals surface area (Å²) in [6, 6.07) is 3.21. The van der Waals surface area contributed by atoms with Gasteiger partial charge in [0.25, 0.3) is 0 Å². The predicted octanol–water partition coefficient (Wildman–Crippen LogP) is 11.2. The lowest BCUT2D eigenvalue weighted by Crippen LogP contribution is -2.59. The van der Waals surface area contributed by atoms with E-state index < -0.39 is 28.7 Å². The van der Waals surface area contributed by atoms with Crippen molar-refractivity contribution in [3.05, 3.63) is 50.2 Å². The minimum Gasteiger partial charge on any atom is -0.444 e. The van der Waals surface area contributed by atoms with E-state index in [0.717, 1.165) is 12.8 Å². The molecule has 6 unspecified atom stereocenters. The molecule has 4 amide bonds. The second kappa shape index (κ2) is 18.1. The van der Waals surface area contributed by atoms with Crippen molar-refractivity contribution in [3.8, 4) is 0 Å². The summed E-state index contributed by atoms with van der Waals surface area (Å²) in [5, 5.41) is 9.91. The predicted molar refractivity (Wildman–Crippen MR) is 270 cm³/mol. The highest BCUT2D eigenvalue weighted by Gasteiger charge is 2.58. The van der Waals surface area contributed by atoms with Gasteiger partial charge >= 0.3 is 12.2 Å². The SMILES string of the molecule is CC(C)(C)OC(=O)N1CC2CC1C2N1CC(=O)Nc2c(Cl)nc3c(F)c(Br)c(I)cc3c21.CC(C)(C)OC(=O)N1CC2CC1C2Nc1c(NC(=O)CCl)c(Cl)nc2c(F)c(Br)c(I)cc12. The fourth-order valence-electron chi connectivity index (χ4n) is 9.16. The monoisotopic (exact) mass is 1310 g/mol. The first-order valence-electron chi connectivity index (χ1n) is 20.4. The minimum absolute atomic E-state index is 0.0354. The largest absolute Gasteiger partial charge is 0.444 e. The third-order valence-corrected chi connectivity index (χ3v) is 17.4. The number of alkyl halides is 1. The fraction of sp³-hybridized carbons (Fsp3) is 0.476. The van der Waals surface area contributed by atoms with Gasteiger partial charge in [-0.3, -0.25) is 9.59 Å². The molecule has 7 aliphatic rings. The number of anilines is 4. The molecular weight excluding hydrogens is 1270 g/mol. The van der Waals surface area contributed by atoms with Crippen LogP contribution in [0.2, 0.25) is 10.3 Å². The van der Waals surface area contributed by atoms with Crippen LogP contribution in [0.15, 0.2) is 21.1 Å². The van der Waals surface area contributed by atoms with Crippen molar-refractivity contribution in [1.82, 2.24) is 19.8 Å². The van der Waals surface area contributed by atoms with Crippen molar-refractivity contribution in [2.75, 3.05) is 46.4 Å². The molecule has 2 aromatic heterocycles. The van der Waals surface area contributed by atoms with Crippen molar-refractivity contribution in [3.63, 3.8) is 0 Å². The van der Waals surface area contributed by atoms with Gasteiger partial charge in [-0.25, -0.2) is 28.3 Å². The van der Waals surface area contributed by atoms with Crippen molar-refractivity contribution >= 4 is 180 Å². The zero-order valence-electron chi connectivity index (χ0n) is 35.4. The third-order valence-electron chi connectivity index (χ3n) is 11.8. The first-order valence-corrected chi connectivity index (χ1v) is 25.4. The molecule has 7 heterocycles. The quantitative estimate of drug-likeness (QED) is 0.0760. The van der Waals surface area contributed by atoms with Gasteiger partial charge in [-0.05, 0) is 144 Å². The summed E-state index contributed by atoms with van der Waals surface area (Å²) in [6.45, 7) is 12.2. The molecule has 23 heteroatoms. The lowest BCUT2D eigenvalue weighted by Gasteiger charge is -2.47. The van der Waals surface area contributed by atoms with E-state index in [1.54, 1.807) is 15.9 Å². The average molecular weight is 1310 g/mol. The molecule has 11 rings (SSSR count). The number of fused-ring (bicyclic) bond motifs is 6. The van der Waals surface area contributed by atoms with Crippen LogP contribution in [-0.4, -0.2) is 105 Å². The highest BCUT2D eigenvalue weighted by Crippen LogP contribution is 2.52. The van der Waals surface area contributed by atoms with Gasteiger partial charge in [-0.2, -0.15) is 0 Å². The van der Waals surface area contributed by atoms with E-state index in [4.69, 9.17) is 44.3 Å². The molecule has 4 aromatic rings. The normalized spacial score (nSPS) is 23.0. The Morgan fingerprint density at radius 2 is 1.37 bits per heavy atom. The first kappa shape index (κ1) is 48.9. The summed E-state index contributed by atoms with van der Waals surface area (Å²) in [6.07, 6.45) is 0.952. The lowest BCUT2D eigenvalue weighted by atomic mass is 9.78. The summed E-state index contributed by atoms with van der Waals surface area (Å²) >= 11 is 29.0. The van der Waals surface area contributed by atoms with Gasteiger partial charge in [0.2, 0.25) is 11.8 Å². The maximum atomic E-state index is 15.1. The summed E-state index contributed by atoms with van der Waals surface area (Å²) < 4.78 is 43.1. The summed E-state index contributed by atoms with van der Waals surface area (Å²) in [4.78, 5) is 63.9. The van der Waals surface area contributed by atoms with E-state index >= 15 is 8.78 Å². The van der Waals surface area contributed by atoms with Crippen molar-refractivity contribution in [2.45, 2.75) is 89.8 Å². The zero-order valence-corrected chi connectivity index (χ0v) is 45.2. The third kappa shape index (κ3) is 9.24. The van der Waals surface area contributed by atoms with Gasteiger partial charge in [0.15, 0.2) is 21.9 Å². The molecule has 3 N–H and O–H groups in total. The van der Waals surface area contributed by atoms with Gasteiger partial charge in [0.05, 0.1) is 51.0 Å². The number of amides is 4. The van der Waals surface area contributed by atoms with E-state index in [0.29, 0.717) is 52.5 Å². The number of aromatic nitrogens is 2. The Hall–Kier alpha value is -2.51. The van der Waals surface area contributed by atoms with E-state index in [9.17, 15) is 19.2 Å². The average Bonchev–Trinajstić information content (AvgIpc) is 4.01. The van der Waals surface area contributed by atoms with E-state index in [2.05, 4.69) is 80.4 Å². The smallest absolute Gasteiger partial charge is 0.410 e. The number of ether oxygens (including phenoxy) is 2. The molecule has 65 heavy (non-hydrogen) atoms. The number of benzene rings is 2. The van der Waals surface area contributed by atoms with Crippen LogP contribution in [0.3, 0.4) is 0 Å². The second-order valence-corrected chi connectivity index (χ2v) is 23.3. The molecule has 4 saturated heterocycles. The molecule has 0 spiro atoms. The van der Waals surface area contributed by atoms with Gasteiger partial charge in [-0.15, -0.1) is 11.6 Å². The number of pyridine rings is 2. The van der Waals surface area contributed by atoms with E-state index in [1.165, 1.54) is 0 Å². The van der Waals surface area contributed by atoms with Crippen molar-refractivity contribution in [1.29, 1.82) is 0 Å². The van der Waals surface area contributed by atoms with Crippen LogP contribution in [0.4, 0.5) is 41.1 Å². The molecule has 2 aromatic carbocycles. The molecule has 5 aliphatic heterocycles. The highest BCUT2D eigenvalue weighted by atomic mass is 127. The Morgan fingerprint density at radius 3 is 1.95 bits per heavy atom. The Balaban J connectivity index is 0.000000177. The van der Waals surface area contributed by atoms with Gasteiger partial charge in [0, 0.05) is 42.8 Å². The summed E-state index contributed by atoms with van der Waals surface area (Å²) in [5.41, 5.74) is 0.710. The number of rotatable bonds is 5. The maximum Gasteiger partial charge on any atom is 0.410 e. The Labute approximate surface area is 431 Å². The summed E-state index contributed by atoms with van der Waals surface area (Å²) in [7, 11) is 0. The number of halogens is 9. The van der Waals surface area contributed by atoms with Crippen LogP contribution in [0.25, 0.3) is 21.8 Å². The molecule has 6 fully saturated rings. The Bertz CT molecular complexity index is 2720. The molecule has 2 saturated carbocycles. The van der Waals surface area contributed by atoms with Crippen LogP contribution in [0.1, 0.15) is 54.4 Å². The maximum absolute atomic E-state index is 15.1. The minimum atomic E-state index is -0.595. The van der Waals surface area contributed by atoms with Crippen LogP contribution >= 0.6 is 112 Å². The first-order chi connectivity index (χ1) is 30.4. The second-order valence-electron chi connectivity index (χ2n) is 18.5. The lowest BCUT2D eigenvalue weighted by molar-refractivity contribution is -0.115. The van der Waals surface area contributed by atoms with Crippen molar-refractivity contribution in [2.24, 2.45) is 11.8 Å². The van der Waals surface area contributed by atoms with Gasteiger partial charge < -0.3 is 40.1 Å². The Kier molecular flexibility index (Phi) is 13.6. The number of nitrogens with zero attached hydrogens (tertiary/aromatic N) is 5. The number of carbonyl (C=O) groups excluding carboxylic acids is 4. The number of hydrogen-bond donors (Lipinski definition) is 3. The van der Waals surface area contributed by atoms with Gasteiger partial charge in [0.1, 0.15) is 39.5 Å². The van der Waals surface area contributed by atoms with Crippen LogP contribution in [-0.2, 0) is 19.1 Å². The van der Waals surface area contributed by atoms with Crippen LogP contribution in [0, 0.1) is 30.6 Å². The molecule has 4 bridgehead atoms. The van der Waals surface area contributed by atoms with E-state index in [1.807, 2.05) is 75.1 Å². The Morgan fingerprint density at radius 1 is 0.846 bits per heavy atom. The van der Waals surface area contributed by atoms with E-state index in [-0.39, 0.29) is 98.0 Å². The fourth-order valence-corrected chi connectivity index (χ4v) is 11.4. The zero-order chi connectivity index (χ0) is 47.3. The molecule has 2 aliphatic carbocycles.